The van der Waals surface area contributed by atoms with E-state index in [2.05, 4.69) is 15.3 Å². The first kappa shape index (κ1) is 21.8. The molecule has 0 aliphatic carbocycles. The molecule has 1 aliphatic heterocycles. The van der Waals surface area contributed by atoms with Crippen molar-refractivity contribution in [1.29, 1.82) is 0 Å². The number of benzene rings is 1. The minimum atomic E-state index is -3.10. The van der Waals surface area contributed by atoms with Crippen LogP contribution in [0.15, 0.2) is 35.5 Å². The zero-order chi connectivity index (χ0) is 21.9. The Bertz CT molecular complexity index is 989. The smallest absolute Gasteiger partial charge is 0.275 e. The van der Waals surface area contributed by atoms with Crippen molar-refractivity contribution in [2.24, 2.45) is 10.7 Å². The lowest BCUT2D eigenvalue weighted by molar-refractivity contribution is -0.0145. The number of hydrogen-bond donors (Lipinski definition) is 2. The predicted molar refractivity (Wildman–Crippen MR) is 105 cm³/mol. The summed E-state index contributed by atoms with van der Waals surface area (Å²) in [5, 5.41) is 2.50. The lowest BCUT2D eigenvalue weighted by atomic mass is 9.90. The van der Waals surface area contributed by atoms with Gasteiger partial charge in [-0.15, -0.1) is 0 Å². The van der Waals surface area contributed by atoms with Crippen molar-refractivity contribution in [2.75, 3.05) is 25.1 Å². The number of aliphatic imine (C=N–C) groups is 1. The first-order valence-electron chi connectivity index (χ1n) is 8.86. The van der Waals surface area contributed by atoms with Crippen molar-refractivity contribution in [3.8, 4) is 5.75 Å². The van der Waals surface area contributed by atoms with Gasteiger partial charge in [-0.05, 0) is 25.1 Å². The van der Waals surface area contributed by atoms with E-state index in [-0.39, 0.29) is 28.8 Å². The average molecular weight is 443 g/mol. The Labute approximate surface area is 175 Å². The highest BCUT2D eigenvalue weighted by atomic mass is 35.5. The van der Waals surface area contributed by atoms with Gasteiger partial charge in [0.25, 0.3) is 12.3 Å². The summed E-state index contributed by atoms with van der Waals surface area (Å²) < 4.78 is 52.6. The van der Waals surface area contributed by atoms with E-state index in [1.54, 1.807) is 6.92 Å². The molecule has 11 heteroatoms. The molecule has 0 saturated carbocycles. The van der Waals surface area contributed by atoms with E-state index in [0.29, 0.717) is 12.4 Å². The number of ether oxygens (including phenoxy) is 2. The molecule has 7 nitrogen and oxygen atoms in total. The molecule has 0 fully saturated rings. The molecule has 0 radical (unpaired) electrons. The first-order chi connectivity index (χ1) is 14.3. The van der Waals surface area contributed by atoms with E-state index < -0.39 is 35.9 Å². The largest absolute Gasteiger partial charge is 0.492 e. The number of hydrogen-bond acceptors (Lipinski definition) is 6. The number of carbonyl (C=O) groups is 1. The van der Waals surface area contributed by atoms with Crippen LogP contribution in [0.2, 0.25) is 5.02 Å². The monoisotopic (exact) mass is 442 g/mol. The van der Waals surface area contributed by atoms with Crippen LogP contribution in [-0.2, 0) is 10.3 Å². The van der Waals surface area contributed by atoms with E-state index in [4.69, 9.17) is 26.8 Å². The molecule has 1 aliphatic rings. The number of amidine groups is 1. The van der Waals surface area contributed by atoms with Crippen LogP contribution in [0, 0.1) is 5.82 Å². The van der Waals surface area contributed by atoms with Crippen LogP contribution in [0.4, 0.5) is 18.9 Å². The van der Waals surface area contributed by atoms with Crippen molar-refractivity contribution in [3.63, 3.8) is 0 Å². The van der Waals surface area contributed by atoms with Crippen LogP contribution in [0.5, 0.6) is 5.75 Å². The third-order valence-electron chi connectivity index (χ3n) is 4.31. The van der Waals surface area contributed by atoms with Gasteiger partial charge in [0.1, 0.15) is 29.7 Å². The number of rotatable bonds is 6. The number of carbonyl (C=O) groups excluding carboxylic acids is 1. The van der Waals surface area contributed by atoms with Crippen molar-refractivity contribution in [3.05, 3.63) is 52.6 Å². The van der Waals surface area contributed by atoms with Crippen LogP contribution >= 0.6 is 11.6 Å². The Morgan fingerprint density at radius 2 is 2.20 bits per heavy atom. The third kappa shape index (κ3) is 4.34. The number of nitrogens with one attached hydrogen (secondary N) is 1. The van der Waals surface area contributed by atoms with Gasteiger partial charge in [0, 0.05) is 17.3 Å². The minimum absolute atomic E-state index is 0.0305. The number of amides is 1. The maximum Gasteiger partial charge on any atom is 0.275 e. The predicted octanol–water partition coefficient (Wildman–Crippen LogP) is 3.37. The molecule has 0 spiro atoms. The van der Waals surface area contributed by atoms with Gasteiger partial charge in [-0.3, -0.25) is 9.79 Å². The van der Waals surface area contributed by atoms with Gasteiger partial charge >= 0.3 is 0 Å². The number of aromatic nitrogens is 1. The Morgan fingerprint density at radius 1 is 1.43 bits per heavy atom. The second kappa shape index (κ2) is 8.88. The fraction of sp³-hybridized carbons (Fsp3) is 0.316. The lowest BCUT2D eigenvalue weighted by Gasteiger charge is -2.33. The molecule has 0 bridgehead atoms. The number of nitrogens with two attached hydrogens (primary N) is 1. The number of pyridine rings is 1. The van der Waals surface area contributed by atoms with Crippen molar-refractivity contribution in [2.45, 2.75) is 18.9 Å². The summed E-state index contributed by atoms with van der Waals surface area (Å²) >= 11 is 6.07. The van der Waals surface area contributed by atoms with Gasteiger partial charge in [0.15, 0.2) is 5.54 Å². The zero-order valence-corrected chi connectivity index (χ0v) is 16.5. The molecule has 2 heterocycles. The Hall–Kier alpha value is -2.85. The maximum atomic E-state index is 14.5. The lowest BCUT2D eigenvalue weighted by Crippen LogP contribution is -2.45. The van der Waals surface area contributed by atoms with Crippen LogP contribution in [0.1, 0.15) is 23.0 Å². The molecule has 160 valence electrons. The van der Waals surface area contributed by atoms with Crippen LogP contribution in [-0.4, -0.2) is 43.0 Å². The molecule has 3 N–H and O–H groups in total. The number of halogens is 4. The standard InChI is InChI=1S/C19H18ClF3N4O3/c1-2-30-11-6-13(20)16(25-7-11)17(28)26-10-3-4-14(21)12(5-10)19(18(22)23)9-29-8-15(24)27-19/h3-7,18H,2,8-9H2,1H3,(H2,24,27)(H,26,28)/t19-/m0/s1. The Balaban J connectivity index is 1.92. The molecule has 1 atom stereocenters. The molecule has 3 rings (SSSR count). The number of anilines is 1. The van der Waals surface area contributed by atoms with Crippen LogP contribution in [0.25, 0.3) is 0 Å². The fourth-order valence-corrected chi connectivity index (χ4v) is 3.20. The molecule has 1 aromatic carbocycles. The molecule has 30 heavy (non-hydrogen) atoms. The topological polar surface area (TPSA) is 98.8 Å². The normalized spacial score (nSPS) is 18.8. The summed E-state index contributed by atoms with van der Waals surface area (Å²) in [7, 11) is 0. The summed E-state index contributed by atoms with van der Waals surface area (Å²) in [6.45, 7) is 1.48. The van der Waals surface area contributed by atoms with E-state index in [1.165, 1.54) is 18.3 Å². The molecular formula is C19H18ClF3N4O3. The highest BCUT2D eigenvalue weighted by Crippen LogP contribution is 2.38. The van der Waals surface area contributed by atoms with Gasteiger partial charge in [-0.2, -0.15) is 0 Å². The van der Waals surface area contributed by atoms with Gasteiger partial charge in [-0.1, -0.05) is 11.6 Å². The molecule has 2 aromatic rings. The van der Waals surface area contributed by atoms with E-state index >= 15 is 0 Å². The van der Waals surface area contributed by atoms with Gasteiger partial charge in [0.05, 0.1) is 24.4 Å². The Morgan fingerprint density at radius 3 is 2.83 bits per heavy atom. The van der Waals surface area contributed by atoms with Crippen molar-refractivity contribution in [1.82, 2.24) is 4.98 Å². The number of alkyl halides is 2. The highest BCUT2D eigenvalue weighted by molar-refractivity contribution is 6.34. The summed E-state index contributed by atoms with van der Waals surface area (Å²) in [6, 6.07) is 4.65. The van der Waals surface area contributed by atoms with E-state index in [0.717, 1.165) is 12.1 Å². The molecule has 1 aromatic heterocycles. The molecular weight excluding hydrogens is 425 g/mol. The highest BCUT2D eigenvalue weighted by Gasteiger charge is 2.46. The second-order valence-corrected chi connectivity index (χ2v) is 6.81. The first-order valence-corrected chi connectivity index (χ1v) is 9.24. The zero-order valence-electron chi connectivity index (χ0n) is 15.8. The average Bonchev–Trinajstić information content (AvgIpc) is 2.69. The minimum Gasteiger partial charge on any atom is -0.492 e. The summed E-state index contributed by atoms with van der Waals surface area (Å²) in [5.41, 5.74) is 2.71. The molecule has 0 unspecified atom stereocenters. The SMILES string of the molecule is CCOc1cnc(C(=O)Nc2ccc(F)c([C@]3(C(F)F)COCC(N)=N3)c2)c(Cl)c1. The van der Waals surface area contributed by atoms with Gasteiger partial charge in [-0.25, -0.2) is 18.2 Å². The summed E-state index contributed by atoms with van der Waals surface area (Å²) in [6.07, 6.45) is -1.78. The van der Waals surface area contributed by atoms with E-state index in [9.17, 15) is 18.0 Å². The van der Waals surface area contributed by atoms with Crippen LogP contribution in [0.3, 0.4) is 0 Å². The molecule has 0 saturated heterocycles. The van der Waals surface area contributed by atoms with Gasteiger partial charge in [0.2, 0.25) is 0 Å². The fourth-order valence-electron chi connectivity index (χ4n) is 2.96. The number of nitrogens with zero attached hydrogens (tertiary/aromatic N) is 2. The van der Waals surface area contributed by atoms with Gasteiger partial charge < -0.3 is 20.5 Å². The quantitative estimate of drug-likeness (QED) is 0.714. The maximum absolute atomic E-state index is 14.5. The summed E-state index contributed by atoms with van der Waals surface area (Å²) in [4.78, 5) is 20.3. The van der Waals surface area contributed by atoms with E-state index in [1.807, 2.05) is 0 Å². The van der Waals surface area contributed by atoms with Crippen LogP contribution < -0.4 is 15.8 Å². The summed E-state index contributed by atoms with van der Waals surface area (Å²) in [5.74, 6) is -1.45. The van der Waals surface area contributed by atoms with Crippen molar-refractivity contribution >= 4 is 29.0 Å². The van der Waals surface area contributed by atoms with Crippen molar-refractivity contribution < 1.29 is 27.4 Å². The second-order valence-electron chi connectivity index (χ2n) is 6.40. The Kier molecular flexibility index (Phi) is 6.47. The third-order valence-corrected chi connectivity index (χ3v) is 4.60. The molecule has 1 amide bonds.